The van der Waals surface area contributed by atoms with Crippen LogP contribution in [0.1, 0.15) is 19.8 Å². The van der Waals surface area contributed by atoms with Gasteiger partial charge in [0.1, 0.15) is 0 Å². The maximum absolute atomic E-state index is 11.6. The molecular formula is C13H26N4O2. The van der Waals surface area contributed by atoms with Gasteiger partial charge in [-0.25, -0.2) is 0 Å². The van der Waals surface area contributed by atoms with Gasteiger partial charge in [0.15, 0.2) is 5.96 Å². The standard InChI is InChI=1S/C13H26N4O2/c1-11-4-7-17(8-5-11)13(14-2)16-10-12(18)15-6-9-19-3/h11H,4-10H2,1-3H3,(H,14,16)(H,15,18). The van der Waals surface area contributed by atoms with Crippen molar-refractivity contribution < 1.29 is 9.53 Å². The summed E-state index contributed by atoms with van der Waals surface area (Å²) in [6.07, 6.45) is 2.36. The van der Waals surface area contributed by atoms with Crippen LogP contribution < -0.4 is 10.6 Å². The summed E-state index contributed by atoms with van der Waals surface area (Å²) in [6.45, 7) is 5.61. The van der Waals surface area contributed by atoms with Crippen LogP contribution in [0.5, 0.6) is 0 Å². The van der Waals surface area contributed by atoms with Crippen LogP contribution in [0, 0.1) is 5.92 Å². The molecule has 1 aliphatic heterocycles. The molecule has 110 valence electrons. The van der Waals surface area contributed by atoms with Crippen LogP contribution >= 0.6 is 0 Å². The van der Waals surface area contributed by atoms with E-state index in [0.29, 0.717) is 13.2 Å². The highest BCUT2D eigenvalue weighted by molar-refractivity contribution is 5.86. The first kappa shape index (κ1) is 15.8. The summed E-state index contributed by atoms with van der Waals surface area (Å²) in [4.78, 5) is 18.0. The Labute approximate surface area is 115 Å². The van der Waals surface area contributed by atoms with Crippen molar-refractivity contribution in [3.8, 4) is 0 Å². The SMILES string of the molecule is CN=C(NCC(=O)NCCOC)N1CCC(C)CC1. The van der Waals surface area contributed by atoms with Crippen molar-refractivity contribution in [2.75, 3.05) is 46.9 Å². The number of piperidine rings is 1. The molecule has 1 aliphatic rings. The van der Waals surface area contributed by atoms with Gasteiger partial charge in [0, 0.05) is 33.8 Å². The minimum atomic E-state index is -0.0384. The predicted octanol–water partition coefficient (Wildman–Crippen LogP) is 0.0563. The van der Waals surface area contributed by atoms with Gasteiger partial charge in [-0.15, -0.1) is 0 Å². The third-order valence-corrected chi connectivity index (χ3v) is 3.33. The lowest BCUT2D eigenvalue weighted by Crippen LogP contribution is -2.48. The molecule has 0 aliphatic carbocycles. The van der Waals surface area contributed by atoms with Crippen molar-refractivity contribution in [3.63, 3.8) is 0 Å². The molecule has 0 radical (unpaired) electrons. The molecule has 1 saturated heterocycles. The van der Waals surface area contributed by atoms with Crippen molar-refractivity contribution in [2.45, 2.75) is 19.8 Å². The Morgan fingerprint density at radius 1 is 1.37 bits per heavy atom. The molecule has 2 N–H and O–H groups in total. The molecule has 1 fully saturated rings. The Morgan fingerprint density at radius 3 is 2.63 bits per heavy atom. The molecule has 0 atom stereocenters. The number of hydrogen-bond acceptors (Lipinski definition) is 3. The van der Waals surface area contributed by atoms with E-state index in [1.807, 2.05) is 0 Å². The lowest BCUT2D eigenvalue weighted by atomic mass is 10.00. The number of carbonyl (C=O) groups is 1. The maximum atomic E-state index is 11.6. The molecule has 6 nitrogen and oxygen atoms in total. The van der Waals surface area contributed by atoms with Gasteiger partial charge in [-0.2, -0.15) is 0 Å². The summed E-state index contributed by atoms with van der Waals surface area (Å²) in [6, 6.07) is 0. The molecule has 6 heteroatoms. The molecule has 1 heterocycles. The van der Waals surface area contributed by atoms with Crippen LogP contribution in [0.3, 0.4) is 0 Å². The fourth-order valence-electron chi connectivity index (χ4n) is 2.07. The fourth-order valence-corrected chi connectivity index (χ4v) is 2.07. The number of carbonyl (C=O) groups excluding carboxylic acids is 1. The largest absolute Gasteiger partial charge is 0.383 e. The van der Waals surface area contributed by atoms with E-state index in [4.69, 9.17) is 4.74 Å². The fraction of sp³-hybridized carbons (Fsp3) is 0.846. The minimum Gasteiger partial charge on any atom is -0.383 e. The number of nitrogens with one attached hydrogen (secondary N) is 2. The number of aliphatic imine (C=N–C) groups is 1. The Bertz CT molecular complexity index is 299. The maximum Gasteiger partial charge on any atom is 0.239 e. The van der Waals surface area contributed by atoms with Gasteiger partial charge in [-0.3, -0.25) is 9.79 Å². The van der Waals surface area contributed by atoms with Gasteiger partial charge in [-0.1, -0.05) is 6.92 Å². The number of guanidine groups is 1. The molecule has 0 unspecified atom stereocenters. The van der Waals surface area contributed by atoms with E-state index in [1.165, 1.54) is 12.8 Å². The zero-order valence-electron chi connectivity index (χ0n) is 12.2. The highest BCUT2D eigenvalue weighted by Crippen LogP contribution is 2.15. The zero-order valence-corrected chi connectivity index (χ0v) is 12.2. The van der Waals surface area contributed by atoms with Gasteiger partial charge in [-0.05, 0) is 18.8 Å². The first-order valence-corrected chi connectivity index (χ1v) is 6.88. The van der Waals surface area contributed by atoms with E-state index in [-0.39, 0.29) is 12.5 Å². The quantitative estimate of drug-likeness (QED) is 0.421. The van der Waals surface area contributed by atoms with Crippen LogP contribution in [0.4, 0.5) is 0 Å². The van der Waals surface area contributed by atoms with Crippen molar-refractivity contribution in [1.29, 1.82) is 0 Å². The number of nitrogens with zero attached hydrogens (tertiary/aromatic N) is 2. The smallest absolute Gasteiger partial charge is 0.239 e. The van der Waals surface area contributed by atoms with Crippen molar-refractivity contribution in [2.24, 2.45) is 10.9 Å². The van der Waals surface area contributed by atoms with Gasteiger partial charge >= 0.3 is 0 Å². The van der Waals surface area contributed by atoms with Crippen LogP contribution in [-0.4, -0.2) is 63.7 Å². The average molecular weight is 270 g/mol. The summed E-state index contributed by atoms with van der Waals surface area (Å²) < 4.78 is 4.88. The molecule has 0 bridgehead atoms. The van der Waals surface area contributed by atoms with Gasteiger partial charge in [0.2, 0.25) is 5.91 Å². The number of rotatable bonds is 5. The number of ether oxygens (including phenoxy) is 1. The van der Waals surface area contributed by atoms with E-state index in [2.05, 4.69) is 27.4 Å². The second-order valence-electron chi connectivity index (χ2n) is 4.91. The van der Waals surface area contributed by atoms with Crippen molar-refractivity contribution in [1.82, 2.24) is 15.5 Å². The molecule has 0 aromatic rings. The van der Waals surface area contributed by atoms with E-state index in [0.717, 1.165) is 25.0 Å². The molecule has 0 saturated carbocycles. The Balaban J connectivity index is 2.27. The normalized spacial score (nSPS) is 17.4. The highest BCUT2D eigenvalue weighted by Gasteiger charge is 2.18. The van der Waals surface area contributed by atoms with Crippen LogP contribution in [0.15, 0.2) is 4.99 Å². The molecular weight excluding hydrogens is 244 g/mol. The van der Waals surface area contributed by atoms with E-state index < -0.39 is 0 Å². The Morgan fingerprint density at radius 2 is 2.05 bits per heavy atom. The van der Waals surface area contributed by atoms with Gasteiger partial charge in [0.05, 0.1) is 13.2 Å². The number of hydrogen-bond donors (Lipinski definition) is 2. The topological polar surface area (TPSA) is 66.0 Å². The molecule has 19 heavy (non-hydrogen) atoms. The van der Waals surface area contributed by atoms with E-state index in [9.17, 15) is 4.79 Å². The number of methoxy groups -OCH3 is 1. The van der Waals surface area contributed by atoms with Crippen molar-refractivity contribution >= 4 is 11.9 Å². The second-order valence-corrected chi connectivity index (χ2v) is 4.91. The van der Waals surface area contributed by atoms with Crippen LogP contribution in [-0.2, 0) is 9.53 Å². The lowest BCUT2D eigenvalue weighted by molar-refractivity contribution is -0.120. The molecule has 0 aromatic heterocycles. The third kappa shape index (κ3) is 5.92. The van der Waals surface area contributed by atoms with Gasteiger partial charge < -0.3 is 20.3 Å². The number of likely N-dealkylation sites (tertiary alicyclic amines) is 1. The zero-order chi connectivity index (χ0) is 14.1. The third-order valence-electron chi connectivity index (χ3n) is 3.33. The minimum absolute atomic E-state index is 0.0384. The summed E-state index contributed by atoms with van der Waals surface area (Å²) >= 11 is 0. The van der Waals surface area contributed by atoms with E-state index >= 15 is 0 Å². The monoisotopic (exact) mass is 270 g/mol. The average Bonchev–Trinajstić information content (AvgIpc) is 2.41. The van der Waals surface area contributed by atoms with Crippen LogP contribution in [0.25, 0.3) is 0 Å². The van der Waals surface area contributed by atoms with Crippen molar-refractivity contribution in [3.05, 3.63) is 0 Å². The summed E-state index contributed by atoms with van der Waals surface area (Å²) in [5.41, 5.74) is 0. The molecule has 0 spiro atoms. The lowest BCUT2D eigenvalue weighted by Gasteiger charge is -2.32. The molecule has 0 aromatic carbocycles. The molecule has 1 amide bonds. The van der Waals surface area contributed by atoms with Gasteiger partial charge in [0.25, 0.3) is 0 Å². The Kier molecular flexibility index (Phi) is 7.25. The van der Waals surface area contributed by atoms with Crippen LogP contribution in [0.2, 0.25) is 0 Å². The summed E-state index contributed by atoms with van der Waals surface area (Å²) in [7, 11) is 3.37. The predicted molar refractivity (Wildman–Crippen MR) is 76.2 cm³/mol. The summed E-state index contributed by atoms with van der Waals surface area (Å²) in [5.74, 6) is 1.56. The number of amides is 1. The Hall–Kier alpha value is -1.30. The summed E-state index contributed by atoms with van der Waals surface area (Å²) in [5, 5.41) is 5.88. The first-order chi connectivity index (χ1) is 9.17. The highest BCUT2D eigenvalue weighted by atomic mass is 16.5. The first-order valence-electron chi connectivity index (χ1n) is 6.88. The second kappa shape index (κ2) is 8.74. The molecule has 1 rings (SSSR count). The van der Waals surface area contributed by atoms with E-state index in [1.54, 1.807) is 14.2 Å².